The van der Waals surface area contributed by atoms with Crippen molar-refractivity contribution in [2.24, 2.45) is 4.99 Å². The van der Waals surface area contributed by atoms with E-state index in [2.05, 4.69) is 33.5 Å². The van der Waals surface area contributed by atoms with Crippen molar-refractivity contribution in [2.45, 2.75) is 19.9 Å². The summed E-state index contributed by atoms with van der Waals surface area (Å²) in [4.78, 5) is 31.8. The van der Waals surface area contributed by atoms with Crippen molar-refractivity contribution in [2.75, 3.05) is 13.2 Å². The number of benzene rings is 2. The molecule has 36 heavy (non-hydrogen) atoms. The molecule has 0 bridgehead atoms. The zero-order valence-corrected chi connectivity index (χ0v) is 23.7. The number of allylic oxidation sites excluding steroid dienone is 1. The standard InChI is InChI=1S/C26H19Cl2IN2O4S/c1-4-10-35-23-15(11-16(27)13-19(23)29)12-20-24(32)31-22(17-8-6-7-9-18(17)28)21(25(33)34-5-2)14(3)30-26(31)36-20/h1,6-9,11-13,22H,5,10H2,2-3H3/b20-12-/t22-/m0/s1. The topological polar surface area (TPSA) is 69.9 Å². The van der Waals surface area contributed by atoms with Gasteiger partial charge in [-0.1, -0.05) is 58.7 Å². The van der Waals surface area contributed by atoms with Crippen molar-refractivity contribution in [1.82, 2.24) is 4.57 Å². The third kappa shape index (κ3) is 5.11. The summed E-state index contributed by atoms with van der Waals surface area (Å²) in [6.45, 7) is 3.69. The zero-order valence-electron chi connectivity index (χ0n) is 19.2. The number of hydrogen-bond acceptors (Lipinski definition) is 6. The summed E-state index contributed by atoms with van der Waals surface area (Å²) < 4.78 is 13.7. The fourth-order valence-corrected chi connectivity index (χ4v) is 6.37. The molecular weight excluding hydrogens is 634 g/mol. The van der Waals surface area contributed by atoms with Gasteiger partial charge in [-0.3, -0.25) is 9.36 Å². The summed E-state index contributed by atoms with van der Waals surface area (Å²) in [5.74, 6) is 2.42. The highest BCUT2D eigenvalue weighted by Crippen LogP contribution is 2.34. The van der Waals surface area contributed by atoms with Gasteiger partial charge in [0.1, 0.15) is 18.4 Å². The van der Waals surface area contributed by atoms with Gasteiger partial charge in [0.2, 0.25) is 0 Å². The Kier molecular flexibility index (Phi) is 8.25. The Morgan fingerprint density at radius 3 is 2.78 bits per heavy atom. The minimum absolute atomic E-state index is 0.0638. The second-order valence-electron chi connectivity index (χ2n) is 7.62. The van der Waals surface area contributed by atoms with E-state index < -0.39 is 12.0 Å². The van der Waals surface area contributed by atoms with Crippen LogP contribution in [0.25, 0.3) is 6.08 Å². The van der Waals surface area contributed by atoms with E-state index in [1.165, 1.54) is 15.9 Å². The van der Waals surface area contributed by atoms with Crippen LogP contribution in [0.2, 0.25) is 10.0 Å². The van der Waals surface area contributed by atoms with Gasteiger partial charge in [-0.25, -0.2) is 9.79 Å². The number of nitrogens with zero attached hydrogens (tertiary/aromatic N) is 2. The number of terminal acetylenes is 1. The molecule has 0 amide bonds. The summed E-state index contributed by atoms with van der Waals surface area (Å²) in [6, 6.07) is 9.75. The Labute approximate surface area is 235 Å². The second-order valence-corrected chi connectivity index (χ2v) is 10.6. The van der Waals surface area contributed by atoms with Crippen molar-refractivity contribution in [1.29, 1.82) is 0 Å². The van der Waals surface area contributed by atoms with Gasteiger partial charge in [-0.05, 0) is 66.3 Å². The van der Waals surface area contributed by atoms with Crippen molar-refractivity contribution in [3.8, 4) is 18.1 Å². The van der Waals surface area contributed by atoms with E-state index in [9.17, 15) is 9.59 Å². The number of ether oxygens (including phenoxy) is 2. The maximum Gasteiger partial charge on any atom is 0.338 e. The number of thiazole rings is 1. The van der Waals surface area contributed by atoms with E-state index in [-0.39, 0.29) is 24.3 Å². The summed E-state index contributed by atoms with van der Waals surface area (Å²) in [5.41, 5.74) is 1.58. The highest BCUT2D eigenvalue weighted by Gasteiger charge is 2.34. The van der Waals surface area contributed by atoms with Crippen LogP contribution in [-0.2, 0) is 9.53 Å². The molecule has 0 unspecified atom stereocenters. The van der Waals surface area contributed by atoms with Crippen LogP contribution in [0, 0.1) is 15.9 Å². The summed E-state index contributed by atoms with van der Waals surface area (Å²) >= 11 is 16.1. The molecule has 0 saturated heterocycles. The monoisotopic (exact) mass is 652 g/mol. The van der Waals surface area contributed by atoms with Crippen molar-refractivity contribution in [3.05, 3.63) is 92.1 Å². The number of fused-ring (bicyclic) bond motifs is 1. The van der Waals surface area contributed by atoms with E-state index >= 15 is 0 Å². The van der Waals surface area contributed by atoms with Crippen LogP contribution in [0.1, 0.15) is 31.0 Å². The van der Waals surface area contributed by atoms with E-state index in [0.717, 1.165) is 3.57 Å². The molecule has 184 valence electrons. The number of hydrogen-bond donors (Lipinski definition) is 0. The largest absolute Gasteiger partial charge is 0.479 e. The Morgan fingerprint density at radius 1 is 1.33 bits per heavy atom. The summed E-state index contributed by atoms with van der Waals surface area (Å²) in [6.07, 6.45) is 7.06. The molecule has 0 spiro atoms. The minimum atomic E-state index is -0.798. The van der Waals surface area contributed by atoms with Crippen LogP contribution in [0.5, 0.6) is 5.75 Å². The predicted molar refractivity (Wildman–Crippen MR) is 150 cm³/mol. The smallest absolute Gasteiger partial charge is 0.338 e. The van der Waals surface area contributed by atoms with Gasteiger partial charge in [0, 0.05) is 15.6 Å². The number of carbonyl (C=O) groups excluding carboxylic acids is 1. The number of rotatable bonds is 6. The molecule has 1 aliphatic heterocycles. The van der Waals surface area contributed by atoms with Gasteiger partial charge in [0.25, 0.3) is 5.56 Å². The molecule has 0 radical (unpaired) electrons. The van der Waals surface area contributed by atoms with E-state index in [1.807, 2.05) is 0 Å². The maximum atomic E-state index is 13.8. The maximum absolute atomic E-state index is 13.8. The fourth-order valence-electron chi connectivity index (χ4n) is 3.88. The highest BCUT2D eigenvalue weighted by atomic mass is 127. The average molecular weight is 653 g/mol. The highest BCUT2D eigenvalue weighted by molar-refractivity contribution is 14.1. The molecule has 0 saturated carbocycles. The normalized spacial score (nSPS) is 15.2. The Morgan fingerprint density at radius 2 is 2.08 bits per heavy atom. The van der Waals surface area contributed by atoms with Gasteiger partial charge < -0.3 is 9.47 Å². The van der Waals surface area contributed by atoms with Crippen LogP contribution >= 0.6 is 57.1 Å². The first kappa shape index (κ1) is 26.5. The lowest BCUT2D eigenvalue weighted by atomic mass is 9.96. The number of esters is 1. The first-order valence-electron chi connectivity index (χ1n) is 10.8. The summed E-state index contributed by atoms with van der Waals surface area (Å²) in [7, 11) is 0. The fraction of sp³-hybridized carbons (Fsp3) is 0.192. The Bertz CT molecular complexity index is 1620. The molecule has 10 heteroatoms. The summed E-state index contributed by atoms with van der Waals surface area (Å²) in [5, 5.41) is 0.906. The van der Waals surface area contributed by atoms with Crippen molar-refractivity contribution >= 4 is 69.2 Å². The number of halogens is 3. The number of aromatic nitrogens is 1. The van der Waals surface area contributed by atoms with Crippen molar-refractivity contribution < 1.29 is 14.3 Å². The van der Waals surface area contributed by atoms with E-state index in [0.29, 0.717) is 42.0 Å². The van der Waals surface area contributed by atoms with Crippen LogP contribution in [0.15, 0.2) is 57.5 Å². The zero-order chi connectivity index (χ0) is 26.0. The molecule has 2 heterocycles. The molecule has 0 fully saturated rings. The van der Waals surface area contributed by atoms with E-state index in [4.69, 9.17) is 39.1 Å². The molecule has 1 atom stereocenters. The molecule has 0 N–H and O–H groups in total. The average Bonchev–Trinajstić information content (AvgIpc) is 3.12. The third-order valence-electron chi connectivity index (χ3n) is 5.34. The Hall–Kier alpha value is -2.58. The van der Waals surface area contributed by atoms with Crippen LogP contribution in [0.4, 0.5) is 0 Å². The lowest BCUT2D eigenvalue weighted by Crippen LogP contribution is -2.40. The predicted octanol–water partition coefficient (Wildman–Crippen LogP) is 4.72. The van der Waals surface area contributed by atoms with E-state index in [1.54, 1.807) is 56.3 Å². The quantitative estimate of drug-likeness (QED) is 0.220. The molecule has 6 nitrogen and oxygen atoms in total. The van der Waals surface area contributed by atoms with Gasteiger partial charge >= 0.3 is 5.97 Å². The number of carbonyl (C=O) groups is 1. The lowest BCUT2D eigenvalue weighted by Gasteiger charge is -2.25. The minimum Gasteiger partial charge on any atom is -0.479 e. The molecule has 1 aliphatic rings. The van der Waals surface area contributed by atoms with Gasteiger partial charge in [0.05, 0.1) is 26.0 Å². The SMILES string of the molecule is C#CCOc1c(I)cc(Cl)cc1/C=c1\sc2n(c1=O)[C@@H](c1ccccc1Cl)C(C(=O)OCC)=C(C)N=2. The Balaban J connectivity index is 1.99. The molecule has 4 rings (SSSR count). The van der Waals surface area contributed by atoms with Crippen LogP contribution in [0.3, 0.4) is 0 Å². The van der Waals surface area contributed by atoms with Gasteiger partial charge in [-0.2, -0.15) is 0 Å². The molecule has 2 aromatic carbocycles. The molecule has 0 aliphatic carbocycles. The van der Waals surface area contributed by atoms with Crippen molar-refractivity contribution in [3.63, 3.8) is 0 Å². The molecular formula is C26H19Cl2IN2O4S. The van der Waals surface area contributed by atoms with Gasteiger partial charge in [0.15, 0.2) is 4.80 Å². The first-order chi connectivity index (χ1) is 17.3. The molecule has 3 aromatic rings. The second kappa shape index (κ2) is 11.2. The third-order valence-corrected chi connectivity index (χ3v) is 7.69. The van der Waals surface area contributed by atoms with Crippen LogP contribution < -0.4 is 19.6 Å². The first-order valence-corrected chi connectivity index (χ1v) is 13.4. The van der Waals surface area contributed by atoms with Gasteiger partial charge in [-0.15, -0.1) is 6.42 Å². The lowest BCUT2D eigenvalue weighted by molar-refractivity contribution is -0.139. The van der Waals surface area contributed by atoms with Crippen LogP contribution in [-0.4, -0.2) is 23.8 Å². The molecule has 1 aromatic heterocycles.